The fourth-order valence-corrected chi connectivity index (χ4v) is 2.30. The van der Waals surface area contributed by atoms with Crippen LogP contribution in [0, 0.1) is 17.0 Å². The number of halogens is 3. The van der Waals surface area contributed by atoms with Crippen LogP contribution in [0.15, 0.2) is 18.2 Å². The Morgan fingerprint density at radius 1 is 1.19 bits per heavy atom. The van der Waals surface area contributed by atoms with Crippen LogP contribution in [0.2, 0.25) is 0 Å². The van der Waals surface area contributed by atoms with E-state index >= 15 is 0 Å². The van der Waals surface area contributed by atoms with Crippen molar-refractivity contribution in [1.82, 2.24) is 0 Å². The molecule has 90 valence electrons. The van der Waals surface area contributed by atoms with Crippen LogP contribution in [-0.4, -0.2) is 5.88 Å². The third-order valence-electron chi connectivity index (χ3n) is 3.38. The Hall–Kier alpha value is -0.630. The minimum absolute atomic E-state index is 0.129. The SMILES string of the molecule is CCC(CC)(CCl)Cc1cccc(F)c1F. The second-order valence-electron chi connectivity index (χ2n) is 4.23. The normalized spacial score (nSPS) is 11.8. The molecule has 0 heterocycles. The Morgan fingerprint density at radius 2 is 1.81 bits per heavy atom. The molecule has 0 aliphatic carbocycles. The average Bonchev–Trinajstić information content (AvgIpc) is 2.32. The lowest BCUT2D eigenvalue weighted by atomic mass is 9.78. The highest BCUT2D eigenvalue weighted by molar-refractivity contribution is 6.18. The van der Waals surface area contributed by atoms with Gasteiger partial charge in [-0.1, -0.05) is 26.0 Å². The van der Waals surface area contributed by atoms with Gasteiger partial charge in [0.1, 0.15) is 0 Å². The first-order valence-electron chi connectivity index (χ1n) is 5.57. The maximum Gasteiger partial charge on any atom is 0.162 e. The predicted molar refractivity (Wildman–Crippen MR) is 63.8 cm³/mol. The summed E-state index contributed by atoms with van der Waals surface area (Å²) >= 11 is 5.95. The molecule has 3 heteroatoms. The highest BCUT2D eigenvalue weighted by Gasteiger charge is 2.27. The first kappa shape index (κ1) is 13.4. The molecule has 1 aromatic rings. The summed E-state index contributed by atoms with van der Waals surface area (Å²) in [6, 6.07) is 4.31. The van der Waals surface area contributed by atoms with Gasteiger partial charge < -0.3 is 0 Å². The molecule has 0 N–H and O–H groups in total. The van der Waals surface area contributed by atoms with E-state index in [0.717, 1.165) is 18.9 Å². The monoisotopic (exact) mass is 246 g/mol. The molecule has 16 heavy (non-hydrogen) atoms. The van der Waals surface area contributed by atoms with Crippen molar-refractivity contribution in [1.29, 1.82) is 0 Å². The lowest BCUT2D eigenvalue weighted by Gasteiger charge is -2.29. The molecule has 0 amide bonds. The van der Waals surface area contributed by atoms with E-state index in [-0.39, 0.29) is 5.41 Å². The molecule has 0 saturated carbocycles. The summed E-state index contributed by atoms with van der Waals surface area (Å²) < 4.78 is 26.6. The molecule has 0 aromatic heterocycles. The molecule has 0 saturated heterocycles. The third kappa shape index (κ3) is 2.73. The van der Waals surface area contributed by atoms with Crippen LogP contribution in [0.5, 0.6) is 0 Å². The van der Waals surface area contributed by atoms with Gasteiger partial charge in [0.2, 0.25) is 0 Å². The standard InChI is InChI=1S/C13H17ClF2/c1-3-13(4-2,9-14)8-10-6-5-7-11(15)12(10)16/h5-7H,3-4,8-9H2,1-2H3. The van der Waals surface area contributed by atoms with Crippen molar-refractivity contribution in [3.05, 3.63) is 35.4 Å². The Morgan fingerprint density at radius 3 is 2.31 bits per heavy atom. The topological polar surface area (TPSA) is 0 Å². The van der Waals surface area contributed by atoms with Gasteiger partial charge >= 0.3 is 0 Å². The van der Waals surface area contributed by atoms with Crippen molar-refractivity contribution in [3.63, 3.8) is 0 Å². The number of benzene rings is 1. The van der Waals surface area contributed by atoms with E-state index < -0.39 is 11.6 Å². The number of rotatable bonds is 5. The smallest absolute Gasteiger partial charge is 0.162 e. The van der Waals surface area contributed by atoms with Crippen molar-refractivity contribution in [2.24, 2.45) is 5.41 Å². The summed E-state index contributed by atoms with van der Waals surface area (Å²) in [6.45, 7) is 4.06. The average molecular weight is 247 g/mol. The van der Waals surface area contributed by atoms with Crippen LogP contribution in [0.25, 0.3) is 0 Å². The van der Waals surface area contributed by atoms with Gasteiger partial charge in [0.25, 0.3) is 0 Å². The van der Waals surface area contributed by atoms with Gasteiger partial charge in [0.15, 0.2) is 11.6 Å². The van der Waals surface area contributed by atoms with Crippen molar-refractivity contribution in [2.45, 2.75) is 33.1 Å². The first-order chi connectivity index (χ1) is 7.58. The third-order valence-corrected chi connectivity index (χ3v) is 3.95. The van der Waals surface area contributed by atoms with E-state index in [1.165, 1.54) is 6.07 Å². The summed E-state index contributed by atoms with van der Waals surface area (Å²) in [6.07, 6.45) is 2.22. The van der Waals surface area contributed by atoms with Gasteiger partial charge in [0, 0.05) is 5.88 Å². The first-order valence-corrected chi connectivity index (χ1v) is 6.11. The Balaban J connectivity index is 2.98. The minimum atomic E-state index is -0.784. The van der Waals surface area contributed by atoms with Crippen LogP contribution in [0.4, 0.5) is 8.78 Å². The molecule has 0 fully saturated rings. The second kappa shape index (κ2) is 5.62. The van der Waals surface area contributed by atoms with Crippen molar-refractivity contribution >= 4 is 11.6 Å². The molecule has 0 nitrogen and oxygen atoms in total. The van der Waals surface area contributed by atoms with Gasteiger partial charge in [-0.05, 0) is 36.3 Å². The number of hydrogen-bond donors (Lipinski definition) is 0. The largest absolute Gasteiger partial charge is 0.204 e. The Bertz CT molecular complexity index is 338. The number of alkyl halides is 1. The predicted octanol–water partition coefficient (Wildman–Crippen LogP) is 4.55. The van der Waals surface area contributed by atoms with Crippen LogP contribution in [0.1, 0.15) is 32.3 Å². The van der Waals surface area contributed by atoms with E-state index in [9.17, 15) is 8.78 Å². The zero-order valence-corrected chi connectivity index (χ0v) is 10.5. The van der Waals surface area contributed by atoms with Crippen molar-refractivity contribution in [3.8, 4) is 0 Å². The minimum Gasteiger partial charge on any atom is -0.204 e. The molecular formula is C13H17ClF2. The van der Waals surface area contributed by atoms with E-state index in [4.69, 9.17) is 11.6 Å². The molecule has 1 aromatic carbocycles. The van der Waals surface area contributed by atoms with E-state index in [1.54, 1.807) is 6.07 Å². The maximum atomic E-state index is 13.5. The zero-order chi connectivity index (χ0) is 12.2. The van der Waals surface area contributed by atoms with Crippen LogP contribution >= 0.6 is 11.6 Å². The van der Waals surface area contributed by atoms with Gasteiger partial charge in [-0.15, -0.1) is 11.6 Å². The highest BCUT2D eigenvalue weighted by atomic mass is 35.5. The molecule has 0 radical (unpaired) electrons. The van der Waals surface area contributed by atoms with Crippen LogP contribution in [-0.2, 0) is 6.42 Å². The summed E-state index contributed by atoms with van der Waals surface area (Å²) in [5.74, 6) is -1.05. The van der Waals surface area contributed by atoms with Crippen molar-refractivity contribution < 1.29 is 8.78 Å². The fourth-order valence-electron chi connectivity index (χ4n) is 1.83. The highest BCUT2D eigenvalue weighted by Crippen LogP contribution is 2.33. The molecule has 0 spiro atoms. The second-order valence-corrected chi connectivity index (χ2v) is 4.50. The summed E-state index contributed by atoms with van der Waals surface area (Å²) in [7, 11) is 0. The lowest BCUT2D eigenvalue weighted by molar-refractivity contribution is 0.296. The fraction of sp³-hybridized carbons (Fsp3) is 0.538. The van der Waals surface area contributed by atoms with E-state index in [2.05, 4.69) is 0 Å². The zero-order valence-electron chi connectivity index (χ0n) is 9.69. The van der Waals surface area contributed by atoms with Crippen molar-refractivity contribution in [2.75, 3.05) is 5.88 Å². The van der Waals surface area contributed by atoms with E-state index in [1.807, 2.05) is 13.8 Å². The number of hydrogen-bond acceptors (Lipinski definition) is 0. The van der Waals surface area contributed by atoms with E-state index in [0.29, 0.717) is 17.9 Å². The lowest BCUT2D eigenvalue weighted by Crippen LogP contribution is -2.24. The van der Waals surface area contributed by atoms with Gasteiger partial charge in [-0.2, -0.15) is 0 Å². The summed E-state index contributed by atoms with van der Waals surface area (Å²) in [5.41, 5.74) is 0.292. The molecule has 0 unspecified atom stereocenters. The Kier molecular flexibility index (Phi) is 4.72. The summed E-state index contributed by atoms with van der Waals surface area (Å²) in [5, 5.41) is 0. The molecule has 0 aliphatic rings. The van der Waals surface area contributed by atoms with Gasteiger partial charge in [-0.3, -0.25) is 0 Å². The molecule has 0 atom stereocenters. The van der Waals surface area contributed by atoms with Crippen LogP contribution in [0.3, 0.4) is 0 Å². The quantitative estimate of drug-likeness (QED) is 0.669. The van der Waals surface area contributed by atoms with Gasteiger partial charge in [-0.25, -0.2) is 8.78 Å². The van der Waals surface area contributed by atoms with Crippen LogP contribution < -0.4 is 0 Å². The van der Waals surface area contributed by atoms with Gasteiger partial charge in [0.05, 0.1) is 0 Å². The maximum absolute atomic E-state index is 13.5. The Labute approximate surface area is 101 Å². The molecule has 1 rings (SSSR count). The molecule has 0 aliphatic heterocycles. The molecule has 0 bridgehead atoms. The summed E-state index contributed by atoms with van der Waals surface area (Å²) in [4.78, 5) is 0. The molecular weight excluding hydrogens is 230 g/mol.